The van der Waals surface area contributed by atoms with Crippen LogP contribution in [-0.2, 0) is 5.41 Å². The average molecular weight is 637 g/mol. The molecular formula is C33H34F6N2O4. The summed E-state index contributed by atoms with van der Waals surface area (Å²) in [6, 6.07) is 3.16. The number of hydrogen-bond acceptors (Lipinski definition) is 4. The minimum Gasteiger partial charge on any atom is -0.271 e. The number of fused-ring (bicyclic) bond motifs is 2. The van der Waals surface area contributed by atoms with E-state index in [1.807, 2.05) is 0 Å². The Hall–Kier alpha value is -3.70. The third-order valence-corrected chi connectivity index (χ3v) is 9.48. The van der Waals surface area contributed by atoms with Crippen LogP contribution >= 0.6 is 0 Å². The van der Waals surface area contributed by atoms with Gasteiger partial charge in [-0.2, -0.15) is 26.3 Å². The Labute approximate surface area is 256 Å². The monoisotopic (exact) mass is 636 g/mol. The molecular weight excluding hydrogens is 602 g/mol. The summed E-state index contributed by atoms with van der Waals surface area (Å²) < 4.78 is 90.1. The van der Waals surface area contributed by atoms with Gasteiger partial charge in [0, 0.05) is 11.6 Å². The standard InChI is InChI=1S/C33H34F6N2O4/c1-29(2,3)17-7-11-20(12-8-17)40-25(42)21-13-9-18(15-23(21)26(40)43)31(32(34,35)36,33(37,38)39)19-10-14-22-24(16-19)28(45)41(27(22)44)30(4,5)6/h9-10,13-17,20H,7-8,11-12H2,1-6H3. The van der Waals surface area contributed by atoms with Crippen LogP contribution in [0.1, 0.15) is 120 Å². The number of imide groups is 2. The van der Waals surface area contributed by atoms with E-state index in [9.17, 15) is 19.2 Å². The molecule has 5 rings (SSSR count). The smallest absolute Gasteiger partial charge is 0.271 e. The maximum atomic E-state index is 15.0. The van der Waals surface area contributed by atoms with E-state index in [2.05, 4.69) is 20.8 Å². The molecule has 0 spiro atoms. The number of alkyl halides is 6. The van der Waals surface area contributed by atoms with Gasteiger partial charge in [0.05, 0.1) is 22.3 Å². The van der Waals surface area contributed by atoms with Crippen LogP contribution in [0, 0.1) is 11.3 Å². The van der Waals surface area contributed by atoms with E-state index in [0.717, 1.165) is 21.9 Å². The zero-order valence-corrected chi connectivity index (χ0v) is 25.7. The van der Waals surface area contributed by atoms with Crippen molar-refractivity contribution in [1.82, 2.24) is 9.80 Å². The van der Waals surface area contributed by atoms with E-state index >= 15 is 26.3 Å². The normalized spacial score (nSPS) is 21.5. The van der Waals surface area contributed by atoms with Gasteiger partial charge in [-0.3, -0.25) is 29.0 Å². The van der Waals surface area contributed by atoms with Gasteiger partial charge in [0.15, 0.2) is 0 Å². The first-order valence-corrected chi connectivity index (χ1v) is 14.7. The second-order valence-corrected chi connectivity index (χ2v) is 14.2. The lowest BCUT2D eigenvalue weighted by molar-refractivity contribution is -0.288. The Kier molecular flexibility index (Phi) is 7.37. The second kappa shape index (κ2) is 10.2. The molecule has 45 heavy (non-hydrogen) atoms. The third-order valence-electron chi connectivity index (χ3n) is 9.48. The Morgan fingerprint density at radius 2 is 0.978 bits per heavy atom. The quantitative estimate of drug-likeness (QED) is 0.256. The molecule has 0 unspecified atom stereocenters. The van der Waals surface area contributed by atoms with Gasteiger partial charge in [-0.15, -0.1) is 0 Å². The Morgan fingerprint density at radius 1 is 0.578 bits per heavy atom. The van der Waals surface area contributed by atoms with Gasteiger partial charge in [0.25, 0.3) is 23.6 Å². The summed E-state index contributed by atoms with van der Waals surface area (Å²) >= 11 is 0. The van der Waals surface area contributed by atoms with Gasteiger partial charge < -0.3 is 0 Å². The van der Waals surface area contributed by atoms with Crippen LogP contribution in [0.3, 0.4) is 0 Å². The molecule has 0 N–H and O–H groups in total. The minimum absolute atomic E-state index is 0.000865. The highest BCUT2D eigenvalue weighted by molar-refractivity contribution is 6.22. The Balaban J connectivity index is 1.61. The van der Waals surface area contributed by atoms with E-state index in [1.165, 1.54) is 20.8 Å². The fourth-order valence-corrected chi connectivity index (χ4v) is 7.09. The molecule has 2 aromatic rings. The van der Waals surface area contributed by atoms with Gasteiger partial charge in [-0.05, 0) is 93.2 Å². The van der Waals surface area contributed by atoms with Crippen LogP contribution in [-0.4, -0.2) is 57.4 Å². The van der Waals surface area contributed by atoms with Crippen molar-refractivity contribution in [2.24, 2.45) is 11.3 Å². The lowest BCUT2D eigenvalue weighted by Gasteiger charge is -2.39. The number of hydrogen-bond donors (Lipinski definition) is 0. The van der Waals surface area contributed by atoms with Crippen molar-refractivity contribution in [3.05, 3.63) is 69.8 Å². The van der Waals surface area contributed by atoms with Crippen LogP contribution < -0.4 is 0 Å². The zero-order valence-electron chi connectivity index (χ0n) is 25.7. The van der Waals surface area contributed by atoms with Crippen molar-refractivity contribution in [1.29, 1.82) is 0 Å². The molecule has 2 aromatic carbocycles. The molecule has 6 nitrogen and oxygen atoms in total. The lowest BCUT2D eigenvalue weighted by atomic mass is 9.71. The predicted octanol–water partition coefficient (Wildman–Crippen LogP) is 7.69. The second-order valence-electron chi connectivity index (χ2n) is 14.2. The summed E-state index contributed by atoms with van der Waals surface area (Å²) in [5, 5.41) is 0. The van der Waals surface area contributed by atoms with Crippen LogP contribution in [0.5, 0.6) is 0 Å². The molecule has 4 amide bonds. The number of nitrogens with zero attached hydrogens (tertiary/aromatic N) is 2. The molecule has 12 heteroatoms. The molecule has 242 valence electrons. The first-order valence-electron chi connectivity index (χ1n) is 14.7. The van der Waals surface area contributed by atoms with Gasteiger partial charge in [-0.1, -0.05) is 32.9 Å². The summed E-state index contributed by atoms with van der Waals surface area (Å²) in [5.74, 6) is -3.22. The topological polar surface area (TPSA) is 74.8 Å². The van der Waals surface area contributed by atoms with E-state index < -0.39 is 75.2 Å². The van der Waals surface area contributed by atoms with E-state index in [1.54, 1.807) is 0 Å². The van der Waals surface area contributed by atoms with Crippen molar-refractivity contribution in [3.63, 3.8) is 0 Å². The third kappa shape index (κ3) is 4.86. The van der Waals surface area contributed by atoms with Crippen LogP contribution in [0.4, 0.5) is 26.3 Å². The number of benzene rings is 2. The van der Waals surface area contributed by atoms with E-state index in [0.29, 0.717) is 55.9 Å². The number of carbonyl (C=O) groups is 4. The maximum absolute atomic E-state index is 15.0. The zero-order chi connectivity index (χ0) is 33.7. The Morgan fingerprint density at radius 3 is 1.40 bits per heavy atom. The molecule has 3 aliphatic rings. The van der Waals surface area contributed by atoms with Crippen molar-refractivity contribution in [3.8, 4) is 0 Å². The van der Waals surface area contributed by atoms with Gasteiger partial charge in [0.1, 0.15) is 0 Å². The first kappa shape index (κ1) is 32.7. The summed E-state index contributed by atoms with van der Waals surface area (Å²) in [4.78, 5) is 54.6. The Bertz CT molecular complexity index is 1590. The highest BCUT2D eigenvalue weighted by Crippen LogP contribution is 2.57. The van der Waals surface area contributed by atoms with Crippen molar-refractivity contribution in [2.75, 3.05) is 0 Å². The van der Waals surface area contributed by atoms with Crippen LogP contribution in [0.25, 0.3) is 0 Å². The highest BCUT2D eigenvalue weighted by Gasteiger charge is 2.73. The van der Waals surface area contributed by atoms with Crippen molar-refractivity contribution in [2.45, 2.75) is 96.6 Å². The van der Waals surface area contributed by atoms with Crippen molar-refractivity contribution >= 4 is 23.6 Å². The average Bonchev–Trinajstić information content (AvgIpc) is 3.30. The summed E-state index contributed by atoms with van der Waals surface area (Å²) in [6.07, 6.45) is -9.65. The minimum atomic E-state index is -6.01. The predicted molar refractivity (Wildman–Crippen MR) is 152 cm³/mol. The molecule has 0 saturated heterocycles. The fraction of sp³-hybridized carbons (Fsp3) is 0.515. The lowest BCUT2D eigenvalue weighted by Crippen LogP contribution is -2.55. The molecule has 1 saturated carbocycles. The summed E-state index contributed by atoms with van der Waals surface area (Å²) in [7, 11) is 0. The summed E-state index contributed by atoms with van der Waals surface area (Å²) in [5.41, 5.74) is -10.2. The van der Waals surface area contributed by atoms with E-state index in [-0.39, 0.29) is 16.5 Å². The van der Waals surface area contributed by atoms with Gasteiger partial charge in [-0.25, -0.2) is 0 Å². The molecule has 0 bridgehead atoms. The molecule has 0 atom stereocenters. The first-order chi connectivity index (χ1) is 20.5. The molecule has 1 fully saturated rings. The molecule has 0 radical (unpaired) electrons. The number of carbonyl (C=O) groups excluding carboxylic acids is 4. The van der Waals surface area contributed by atoms with Crippen LogP contribution in [0.15, 0.2) is 36.4 Å². The van der Waals surface area contributed by atoms with Crippen LogP contribution in [0.2, 0.25) is 0 Å². The maximum Gasteiger partial charge on any atom is 0.411 e. The summed E-state index contributed by atoms with van der Waals surface area (Å²) in [6.45, 7) is 10.8. The SMILES string of the molecule is CC(C)(C)C1CCC(N2C(=O)c3ccc(C(c4ccc5c(c4)C(=O)N(C(C)(C)C)C5=O)(C(F)(F)F)C(F)(F)F)cc3C2=O)CC1. The van der Waals surface area contributed by atoms with Gasteiger partial charge in [0.2, 0.25) is 5.41 Å². The largest absolute Gasteiger partial charge is 0.411 e. The van der Waals surface area contributed by atoms with Crippen molar-refractivity contribution < 1.29 is 45.5 Å². The number of halogens is 6. The molecule has 2 aliphatic heterocycles. The highest BCUT2D eigenvalue weighted by atomic mass is 19.4. The van der Waals surface area contributed by atoms with Gasteiger partial charge >= 0.3 is 12.4 Å². The molecule has 1 aliphatic carbocycles. The number of amides is 4. The fourth-order valence-electron chi connectivity index (χ4n) is 7.09. The molecule has 2 heterocycles. The number of rotatable bonds is 3. The molecule has 0 aromatic heterocycles. The van der Waals surface area contributed by atoms with E-state index in [4.69, 9.17) is 0 Å².